The Hall–Kier alpha value is -2.28. The van der Waals surface area contributed by atoms with Crippen LogP contribution in [0.4, 0.5) is 13.2 Å². The molecule has 0 spiro atoms. The first kappa shape index (κ1) is 15.1. The van der Waals surface area contributed by atoms with Crippen molar-refractivity contribution >= 4 is 17.6 Å². The first-order valence-corrected chi connectivity index (χ1v) is 5.89. The summed E-state index contributed by atoms with van der Waals surface area (Å²) in [7, 11) is 0. The van der Waals surface area contributed by atoms with Crippen LogP contribution in [-0.4, -0.2) is 22.4 Å². The van der Waals surface area contributed by atoms with Gasteiger partial charge in [-0.15, -0.1) is 13.2 Å². The van der Waals surface area contributed by atoms with E-state index in [0.29, 0.717) is 0 Å². The van der Waals surface area contributed by atoms with E-state index in [1.165, 1.54) is 18.2 Å². The highest BCUT2D eigenvalue weighted by molar-refractivity contribution is 6.33. The van der Waals surface area contributed by atoms with E-state index in [1.54, 1.807) is 0 Å². The number of pyridine rings is 1. The number of benzene rings is 1. The summed E-state index contributed by atoms with van der Waals surface area (Å²) >= 11 is 5.90. The zero-order chi connectivity index (χ0) is 15.6. The number of ether oxygens (including phenoxy) is 1. The van der Waals surface area contributed by atoms with Crippen LogP contribution in [0.3, 0.4) is 0 Å². The Morgan fingerprint density at radius 2 is 2.00 bits per heavy atom. The summed E-state index contributed by atoms with van der Waals surface area (Å²) in [6.45, 7) is 0. The third-order valence-corrected chi connectivity index (χ3v) is 2.72. The van der Waals surface area contributed by atoms with Crippen molar-refractivity contribution < 1.29 is 27.8 Å². The fraction of sp³-hybridized carbons (Fsp3) is 0.0769. The number of hydrogen-bond acceptors (Lipinski definition) is 3. The first-order valence-electron chi connectivity index (χ1n) is 5.51. The summed E-state index contributed by atoms with van der Waals surface area (Å²) in [5.74, 6) is -1.62. The van der Waals surface area contributed by atoms with Crippen LogP contribution in [0.1, 0.15) is 10.4 Å². The smallest absolute Gasteiger partial charge is 0.478 e. The van der Waals surface area contributed by atoms with Gasteiger partial charge in [-0.1, -0.05) is 23.7 Å². The molecule has 1 N–H and O–H groups in total. The van der Waals surface area contributed by atoms with Crippen LogP contribution in [0, 0.1) is 0 Å². The molecule has 4 nitrogen and oxygen atoms in total. The molecule has 110 valence electrons. The fourth-order valence-corrected chi connectivity index (χ4v) is 1.88. The number of aromatic carboxylic acids is 1. The molecule has 2 rings (SSSR count). The third kappa shape index (κ3) is 3.85. The van der Waals surface area contributed by atoms with Gasteiger partial charge in [0.2, 0.25) is 0 Å². The Kier molecular flexibility index (Phi) is 4.04. The van der Waals surface area contributed by atoms with Gasteiger partial charge in [-0.3, -0.25) is 4.98 Å². The second-order valence-corrected chi connectivity index (χ2v) is 4.34. The molecule has 0 bridgehead atoms. The maximum absolute atomic E-state index is 12.2. The molecule has 0 fully saturated rings. The average molecular weight is 318 g/mol. The molecule has 0 atom stereocenters. The van der Waals surface area contributed by atoms with E-state index >= 15 is 0 Å². The van der Waals surface area contributed by atoms with Gasteiger partial charge in [-0.2, -0.15) is 0 Å². The second-order valence-electron chi connectivity index (χ2n) is 3.94. The van der Waals surface area contributed by atoms with E-state index in [0.717, 1.165) is 18.3 Å². The van der Waals surface area contributed by atoms with Crippen LogP contribution in [0.25, 0.3) is 11.3 Å². The van der Waals surface area contributed by atoms with E-state index in [1.807, 2.05) is 0 Å². The molecule has 0 saturated heterocycles. The summed E-state index contributed by atoms with van der Waals surface area (Å²) in [5, 5.41) is 8.81. The van der Waals surface area contributed by atoms with E-state index in [9.17, 15) is 18.0 Å². The van der Waals surface area contributed by atoms with E-state index in [4.69, 9.17) is 16.7 Å². The van der Waals surface area contributed by atoms with Gasteiger partial charge in [0, 0.05) is 11.8 Å². The maximum Gasteiger partial charge on any atom is 0.573 e. The number of hydrogen-bond donors (Lipinski definition) is 1. The number of halogens is 4. The lowest BCUT2D eigenvalue weighted by molar-refractivity contribution is -0.274. The second kappa shape index (κ2) is 5.61. The molecule has 2 aromatic rings. The molecule has 1 heterocycles. The third-order valence-electron chi connectivity index (χ3n) is 2.43. The molecule has 21 heavy (non-hydrogen) atoms. The van der Waals surface area contributed by atoms with Crippen LogP contribution < -0.4 is 4.74 Å². The van der Waals surface area contributed by atoms with E-state index in [-0.39, 0.29) is 21.8 Å². The zero-order valence-corrected chi connectivity index (χ0v) is 10.9. The van der Waals surface area contributed by atoms with Crippen LogP contribution in [0.5, 0.6) is 5.75 Å². The molecule has 1 aromatic heterocycles. The minimum absolute atomic E-state index is 0.0130. The lowest BCUT2D eigenvalue weighted by Crippen LogP contribution is -2.17. The Morgan fingerprint density at radius 1 is 1.29 bits per heavy atom. The van der Waals surface area contributed by atoms with Crippen LogP contribution in [0.2, 0.25) is 5.02 Å². The fourth-order valence-electron chi connectivity index (χ4n) is 1.61. The molecular weight excluding hydrogens is 311 g/mol. The highest BCUT2D eigenvalue weighted by atomic mass is 35.5. The van der Waals surface area contributed by atoms with Gasteiger partial charge in [-0.25, -0.2) is 4.79 Å². The van der Waals surface area contributed by atoms with Gasteiger partial charge < -0.3 is 9.84 Å². The molecule has 0 saturated carbocycles. The monoisotopic (exact) mass is 317 g/mol. The van der Waals surface area contributed by atoms with Crippen molar-refractivity contribution in [3.8, 4) is 17.0 Å². The first-order chi connectivity index (χ1) is 9.76. The Morgan fingerprint density at radius 3 is 2.57 bits per heavy atom. The van der Waals surface area contributed by atoms with Crippen molar-refractivity contribution in [3.63, 3.8) is 0 Å². The lowest BCUT2D eigenvalue weighted by atomic mass is 10.1. The van der Waals surface area contributed by atoms with Crippen molar-refractivity contribution in [2.24, 2.45) is 0 Å². The number of aromatic nitrogens is 1. The minimum Gasteiger partial charge on any atom is -0.478 e. The summed E-state index contributed by atoms with van der Waals surface area (Å²) in [4.78, 5) is 14.6. The topological polar surface area (TPSA) is 59.4 Å². The number of carboxylic acids is 1. The number of nitrogens with zero attached hydrogens (tertiary/aromatic N) is 1. The molecule has 0 aliphatic heterocycles. The summed E-state index contributed by atoms with van der Waals surface area (Å²) < 4.78 is 40.3. The van der Waals surface area contributed by atoms with Crippen LogP contribution in [-0.2, 0) is 0 Å². The van der Waals surface area contributed by atoms with Crippen LogP contribution >= 0.6 is 11.6 Å². The normalized spacial score (nSPS) is 11.2. The van der Waals surface area contributed by atoms with Gasteiger partial charge in [0.25, 0.3) is 0 Å². The summed E-state index contributed by atoms with van der Waals surface area (Å²) in [6, 6.07) is 6.25. The Balaban J connectivity index is 2.38. The molecule has 8 heteroatoms. The van der Waals surface area contributed by atoms with Gasteiger partial charge in [-0.05, 0) is 18.2 Å². The van der Waals surface area contributed by atoms with Crippen molar-refractivity contribution in [2.45, 2.75) is 6.36 Å². The summed E-state index contributed by atoms with van der Waals surface area (Å²) in [6.07, 6.45) is -3.73. The van der Waals surface area contributed by atoms with Crippen molar-refractivity contribution in [1.29, 1.82) is 0 Å². The predicted octanol–water partition coefficient (Wildman–Crippen LogP) is 4.00. The number of carboxylic acid groups (broad SMARTS) is 1. The molecule has 0 radical (unpaired) electrons. The highest BCUT2D eigenvalue weighted by Crippen LogP contribution is 2.30. The SMILES string of the molecule is O=C(O)c1cnc(-c2cccc(OC(F)(F)F)c2)c(Cl)c1. The standard InChI is InChI=1S/C13H7ClF3NO3/c14-10-5-8(12(19)20)6-18-11(10)7-2-1-3-9(4-7)21-13(15,16)17/h1-6H,(H,19,20). The largest absolute Gasteiger partial charge is 0.573 e. The van der Waals surface area contributed by atoms with E-state index in [2.05, 4.69) is 9.72 Å². The molecule has 0 aliphatic carbocycles. The van der Waals surface area contributed by atoms with Crippen molar-refractivity contribution in [1.82, 2.24) is 4.98 Å². The van der Waals surface area contributed by atoms with Gasteiger partial charge in [0.05, 0.1) is 16.3 Å². The quantitative estimate of drug-likeness (QED) is 0.929. The predicted molar refractivity (Wildman–Crippen MR) is 68.3 cm³/mol. The zero-order valence-electron chi connectivity index (χ0n) is 10.2. The van der Waals surface area contributed by atoms with Gasteiger partial charge >= 0.3 is 12.3 Å². The van der Waals surface area contributed by atoms with Crippen molar-refractivity contribution in [3.05, 3.63) is 47.1 Å². The van der Waals surface area contributed by atoms with E-state index < -0.39 is 18.1 Å². The molecule has 0 amide bonds. The Bertz CT molecular complexity index is 689. The maximum atomic E-state index is 12.2. The number of alkyl halides is 3. The molecule has 0 aliphatic rings. The summed E-state index contributed by atoms with van der Waals surface area (Å²) in [5.41, 5.74) is 0.319. The number of carbonyl (C=O) groups is 1. The van der Waals surface area contributed by atoms with Crippen LogP contribution in [0.15, 0.2) is 36.5 Å². The molecular formula is C13H7ClF3NO3. The van der Waals surface area contributed by atoms with Gasteiger partial charge in [0.1, 0.15) is 5.75 Å². The highest BCUT2D eigenvalue weighted by Gasteiger charge is 2.31. The number of rotatable bonds is 3. The van der Waals surface area contributed by atoms with Crippen molar-refractivity contribution in [2.75, 3.05) is 0 Å². The lowest BCUT2D eigenvalue weighted by Gasteiger charge is -2.10. The molecule has 0 unspecified atom stereocenters. The average Bonchev–Trinajstić information content (AvgIpc) is 2.36. The van der Waals surface area contributed by atoms with Gasteiger partial charge in [0.15, 0.2) is 0 Å². The molecule has 1 aromatic carbocycles. The minimum atomic E-state index is -4.80. The Labute approximate surface area is 121 Å².